The molecule has 1 atom stereocenters. The maximum absolute atomic E-state index is 13.1. The number of benzene rings is 2. The Hall–Kier alpha value is -1.94. The van der Waals surface area contributed by atoms with Crippen LogP contribution in [-0.2, 0) is 6.61 Å². The van der Waals surface area contributed by atoms with Gasteiger partial charge in [-0.2, -0.15) is 0 Å². The summed E-state index contributed by atoms with van der Waals surface area (Å²) in [4.78, 5) is 0. The number of aliphatic hydroxyl groups excluding tert-OH is 1. The first-order chi connectivity index (χ1) is 9.47. The number of aliphatic hydroxyl groups is 1. The van der Waals surface area contributed by atoms with Crippen LogP contribution in [0.2, 0.25) is 0 Å². The third kappa shape index (κ3) is 3.33. The SMILES string of the molecule is Cc1ccc(OCc2ccc(F)c(F)c2)c([C@H](C)O)c1. The van der Waals surface area contributed by atoms with Crippen LogP contribution in [0.1, 0.15) is 29.7 Å². The standard InChI is InChI=1S/C16H16F2O2/c1-10-3-6-16(13(7-10)11(2)19)20-9-12-4-5-14(17)15(18)8-12/h3-8,11,19H,9H2,1-2H3/t11-/m0/s1. The fraction of sp³-hybridized carbons (Fsp3) is 0.250. The lowest BCUT2D eigenvalue weighted by Crippen LogP contribution is -2.02. The van der Waals surface area contributed by atoms with Crippen LogP contribution >= 0.6 is 0 Å². The Morgan fingerprint density at radius 3 is 2.50 bits per heavy atom. The van der Waals surface area contributed by atoms with E-state index in [1.54, 1.807) is 13.0 Å². The average molecular weight is 278 g/mol. The molecule has 0 bridgehead atoms. The van der Waals surface area contributed by atoms with Crippen LogP contribution in [0, 0.1) is 18.6 Å². The molecule has 2 aromatic carbocycles. The van der Waals surface area contributed by atoms with Crippen LogP contribution in [0.5, 0.6) is 5.75 Å². The van der Waals surface area contributed by atoms with Gasteiger partial charge in [0.25, 0.3) is 0 Å². The summed E-state index contributed by atoms with van der Waals surface area (Å²) >= 11 is 0. The van der Waals surface area contributed by atoms with Crippen molar-refractivity contribution in [3.63, 3.8) is 0 Å². The van der Waals surface area contributed by atoms with Gasteiger partial charge >= 0.3 is 0 Å². The minimum absolute atomic E-state index is 0.111. The molecular weight excluding hydrogens is 262 g/mol. The Bertz CT molecular complexity index is 609. The third-order valence-corrected chi connectivity index (χ3v) is 2.99. The van der Waals surface area contributed by atoms with E-state index in [-0.39, 0.29) is 6.61 Å². The van der Waals surface area contributed by atoms with Crippen LogP contribution < -0.4 is 4.74 Å². The van der Waals surface area contributed by atoms with Gasteiger partial charge in [0.1, 0.15) is 12.4 Å². The summed E-state index contributed by atoms with van der Waals surface area (Å²) in [6.07, 6.45) is -0.658. The molecular formula is C16H16F2O2. The van der Waals surface area contributed by atoms with Crippen LogP contribution in [0.3, 0.4) is 0 Å². The first kappa shape index (κ1) is 14.5. The Labute approximate surface area is 116 Å². The van der Waals surface area contributed by atoms with E-state index in [2.05, 4.69) is 0 Å². The molecule has 0 radical (unpaired) electrons. The topological polar surface area (TPSA) is 29.5 Å². The highest BCUT2D eigenvalue weighted by Gasteiger charge is 2.10. The van der Waals surface area contributed by atoms with Crippen molar-refractivity contribution in [3.8, 4) is 5.75 Å². The molecule has 0 aliphatic heterocycles. The van der Waals surface area contributed by atoms with E-state index in [0.717, 1.165) is 17.7 Å². The quantitative estimate of drug-likeness (QED) is 0.919. The predicted octanol–water partition coefficient (Wildman–Crippen LogP) is 3.91. The number of hydrogen-bond donors (Lipinski definition) is 1. The van der Waals surface area contributed by atoms with Gasteiger partial charge in [0.15, 0.2) is 11.6 Å². The Morgan fingerprint density at radius 2 is 1.85 bits per heavy atom. The molecule has 20 heavy (non-hydrogen) atoms. The van der Waals surface area contributed by atoms with Gasteiger partial charge in [-0.15, -0.1) is 0 Å². The summed E-state index contributed by atoms with van der Waals surface area (Å²) in [5.41, 5.74) is 2.22. The van der Waals surface area contributed by atoms with Gasteiger partial charge in [0.2, 0.25) is 0 Å². The number of ether oxygens (including phenoxy) is 1. The summed E-state index contributed by atoms with van der Waals surface area (Å²) in [5.74, 6) is -1.24. The molecule has 0 saturated carbocycles. The maximum Gasteiger partial charge on any atom is 0.159 e. The number of halogens is 2. The Morgan fingerprint density at radius 1 is 1.10 bits per heavy atom. The van der Waals surface area contributed by atoms with Gasteiger partial charge in [-0.25, -0.2) is 8.78 Å². The largest absolute Gasteiger partial charge is 0.489 e. The van der Waals surface area contributed by atoms with Crippen molar-refractivity contribution in [1.82, 2.24) is 0 Å². The fourth-order valence-electron chi connectivity index (χ4n) is 1.92. The monoisotopic (exact) mass is 278 g/mol. The predicted molar refractivity (Wildman–Crippen MR) is 72.5 cm³/mol. The van der Waals surface area contributed by atoms with Gasteiger partial charge in [-0.3, -0.25) is 0 Å². The van der Waals surface area contributed by atoms with Gasteiger partial charge in [0, 0.05) is 5.56 Å². The normalized spacial score (nSPS) is 12.2. The molecule has 0 amide bonds. The van der Waals surface area contributed by atoms with E-state index in [1.807, 2.05) is 19.1 Å². The zero-order valence-electron chi connectivity index (χ0n) is 11.4. The van der Waals surface area contributed by atoms with E-state index < -0.39 is 17.7 Å². The Kier molecular flexibility index (Phi) is 4.35. The molecule has 0 heterocycles. The second-order valence-electron chi connectivity index (χ2n) is 4.75. The van der Waals surface area contributed by atoms with Crippen molar-refractivity contribution in [1.29, 1.82) is 0 Å². The van der Waals surface area contributed by atoms with E-state index in [9.17, 15) is 13.9 Å². The highest BCUT2D eigenvalue weighted by atomic mass is 19.2. The number of aryl methyl sites for hydroxylation is 1. The van der Waals surface area contributed by atoms with Crippen LogP contribution in [0.4, 0.5) is 8.78 Å². The minimum Gasteiger partial charge on any atom is -0.489 e. The molecule has 0 saturated heterocycles. The first-order valence-electron chi connectivity index (χ1n) is 6.32. The van der Waals surface area contributed by atoms with E-state index in [4.69, 9.17) is 4.74 Å². The molecule has 2 aromatic rings. The molecule has 1 N–H and O–H groups in total. The van der Waals surface area contributed by atoms with E-state index in [1.165, 1.54) is 6.07 Å². The van der Waals surface area contributed by atoms with Gasteiger partial charge < -0.3 is 9.84 Å². The number of rotatable bonds is 4. The summed E-state index contributed by atoms with van der Waals surface area (Å²) in [6, 6.07) is 9.11. The summed E-state index contributed by atoms with van der Waals surface area (Å²) in [5, 5.41) is 9.72. The third-order valence-electron chi connectivity index (χ3n) is 2.99. The zero-order chi connectivity index (χ0) is 14.7. The van der Waals surface area contributed by atoms with Crippen molar-refractivity contribution < 1.29 is 18.6 Å². The summed E-state index contributed by atoms with van der Waals surface area (Å²) in [6.45, 7) is 3.68. The van der Waals surface area contributed by atoms with E-state index >= 15 is 0 Å². The molecule has 2 rings (SSSR count). The molecule has 0 aliphatic carbocycles. The molecule has 0 fully saturated rings. The van der Waals surface area contributed by atoms with Crippen molar-refractivity contribution in [2.24, 2.45) is 0 Å². The highest BCUT2D eigenvalue weighted by molar-refractivity contribution is 5.38. The van der Waals surface area contributed by atoms with Crippen LogP contribution in [0.25, 0.3) is 0 Å². The highest BCUT2D eigenvalue weighted by Crippen LogP contribution is 2.27. The number of hydrogen-bond acceptors (Lipinski definition) is 2. The van der Waals surface area contributed by atoms with Gasteiger partial charge in [-0.1, -0.05) is 17.7 Å². The minimum atomic E-state index is -0.897. The molecule has 2 nitrogen and oxygen atoms in total. The molecule has 0 aromatic heterocycles. The zero-order valence-corrected chi connectivity index (χ0v) is 11.4. The summed E-state index contributed by atoms with van der Waals surface area (Å²) in [7, 11) is 0. The maximum atomic E-state index is 13.1. The lowest BCUT2D eigenvalue weighted by molar-refractivity contribution is 0.190. The van der Waals surface area contributed by atoms with Gasteiger partial charge in [-0.05, 0) is 43.7 Å². The van der Waals surface area contributed by atoms with Crippen molar-refractivity contribution in [3.05, 3.63) is 64.7 Å². The smallest absolute Gasteiger partial charge is 0.159 e. The average Bonchev–Trinajstić information content (AvgIpc) is 2.41. The van der Waals surface area contributed by atoms with Crippen LogP contribution in [-0.4, -0.2) is 5.11 Å². The lowest BCUT2D eigenvalue weighted by atomic mass is 10.1. The van der Waals surface area contributed by atoms with Crippen molar-refractivity contribution in [2.45, 2.75) is 26.6 Å². The second-order valence-corrected chi connectivity index (χ2v) is 4.75. The molecule has 4 heteroatoms. The molecule has 0 aliphatic rings. The van der Waals surface area contributed by atoms with Crippen LogP contribution in [0.15, 0.2) is 36.4 Å². The van der Waals surface area contributed by atoms with E-state index in [0.29, 0.717) is 16.9 Å². The first-order valence-corrected chi connectivity index (χ1v) is 6.32. The Balaban J connectivity index is 2.16. The summed E-state index contributed by atoms with van der Waals surface area (Å²) < 4.78 is 31.5. The molecule has 106 valence electrons. The van der Waals surface area contributed by atoms with Crippen molar-refractivity contribution >= 4 is 0 Å². The van der Waals surface area contributed by atoms with Gasteiger partial charge in [0.05, 0.1) is 6.10 Å². The second kappa shape index (κ2) is 6.01. The lowest BCUT2D eigenvalue weighted by Gasteiger charge is -2.14. The fourth-order valence-corrected chi connectivity index (χ4v) is 1.92. The van der Waals surface area contributed by atoms with Crippen molar-refractivity contribution in [2.75, 3.05) is 0 Å². The molecule has 0 spiro atoms. The molecule has 0 unspecified atom stereocenters.